The summed E-state index contributed by atoms with van der Waals surface area (Å²) in [7, 11) is -2.97. The lowest BCUT2D eigenvalue weighted by Gasteiger charge is -2.15. The second-order valence-electron chi connectivity index (χ2n) is 4.70. The predicted molar refractivity (Wildman–Crippen MR) is 66.4 cm³/mol. The van der Waals surface area contributed by atoms with E-state index in [1.807, 2.05) is 0 Å². The molecule has 2 atom stereocenters. The van der Waals surface area contributed by atoms with Crippen molar-refractivity contribution in [1.29, 1.82) is 0 Å². The Hall–Kier alpha value is -1.05. The van der Waals surface area contributed by atoms with Gasteiger partial charge in [0.2, 0.25) is 0 Å². The third kappa shape index (κ3) is 3.71. The summed E-state index contributed by atoms with van der Waals surface area (Å²) in [5, 5.41) is 12.7. The van der Waals surface area contributed by atoms with Crippen molar-refractivity contribution in [3.63, 3.8) is 0 Å². The molecule has 0 aromatic heterocycles. The molecule has 0 saturated carbocycles. The number of halogens is 2. The monoisotopic (exact) mass is 291 g/mol. The van der Waals surface area contributed by atoms with Gasteiger partial charge in [-0.15, -0.1) is 0 Å². The van der Waals surface area contributed by atoms with E-state index < -0.39 is 27.6 Å². The molecule has 4 nitrogen and oxygen atoms in total. The molecule has 2 unspecified atom stereocenters. The molecular formula is C12H15F2NO3S. The molecule has 0 radical (unpaired) electrons. The van der Waals surface area contributed by atoms with Gasteiger partial charge in [0.05, 0.1) is 17.6 Å². The van der Waals surface area contributed by atoms with Crippen molar-refractivity contribution in [2.75, 3.05) is 18.1 Å². The summed E-state index contributed by atoms with van der Waals surface area (Å²) in [6.07, 6.45) is -0.495. The first-order chi connectivity index (χ1) is 8.87. The van der Waals surface area contributed by atoms with Crippen molar-refractivity contribution in [3.05, 3.63) is 35.4 Å². The zero-order valence-electron chi connectivity index (χ0n) is 10.1. The molecule has 0 spiro atoms. The van der Waals surface area contributed by atoms with Gasteiger partial charge in [-0.05, 0) is 24.1 Å². The standard InChI is InChI=1S/C12H15F2NO3S/c13-10-2-1-8(5-11(10)14)12(16)6-15-9-3-4-19(17,18)7-9/h1-2,5,9,12,15-16H,3-4,6-7H2. The summed E-state index contributed by atoms with van der Waals surface area (Å²) in [6.45, 7) is 0.102. The van der Waals surface area contributed by atoms with Gasteiger partial charge in [0.1, 0.15) is 0 Å². The quantitative estimate of drug-likeness (QED) is 0.860. The minimum absolute atomic E-state index is 0.0531. The van der Waals surface area contributed by atoms with Gasteiger partial charge < -0.3 is 10.4 Å². The average Bonchev–Trinajstić information content (AvgIpc) is 2.69. The van der Waals surface area contributed by atoms with E-state index in [1.54, 1.807) is 0 Å². The molecule has 19 heavy (non-hydrogen) atoms. The molecule has 1 aliphatic heterocycles. The first kappa shape index (κ1) is 14.4. The maximum Gasteiger partial charge on any atom is 0.159 e. The second kappa shape index (κ2) is 5.52. The molecule has 0 aliphatic carbocycles. The molecule has 2 N–H and O–H groups in total. The molecule has 1 saturated heterocycles. The van der Waals surface area contributed by atoms with Crippen LogP contribution in [0.15, 0.2) is 18.2 Å². The molecule has 1 aliphatic rings. The van der Waals surface area contributed by atoms with Crippen LogP contribution >= 0.6 is 0 Å². The third-order valence-corrected chi connectivity index (χ3v) is 4.93. The van der Waals surface area contributed by atoms with E-state index in [2.05, 4.69) is 5.32 Å². The smallest absolute Gasteiger partial charge is 0.159 e. The summed E-state index contributed by atoms with van der Waals surface area (Å²) >= 11 is 0. The Morgan fingerprint density at radius 3 is 2.68 bits per heavy atom. The predicted octanol–water partition coefficient (Wildman–Crippen LogP) is 0.775. The van der Waals surface area contributed by atoms with Gasteiger partial charge >= 0.3 is 0 Å². The second-order valence-corrected chi connectivity index (χ2v) is 6.93. The number of rotatable bonds is 4. The number of nitrogens with one attached hydrogen (secondary N) is 1. The Balaban J connectivity index is 1.91. The van der Waals surface area contributed by atoms with Crippen molar-refractivity contribution < 1.29 is 22.3 Å². The van der Waals surface area contributed by atoms with Crippen LogP contribution in [0.1, 0.15) is 18.1 Å². The lowest BCUT2D eigenvalue weighted by molar-refractivity contribution is 0.170. The van der Waals surface area contributed by atoms with Crippen molar-refractivity contribution in [3.8, 4) is 0 Å². The van der Waals surface area contributed by atoms with Gasteiger partial charge in [0.25, 0.3) is 0 Å². The zero-order chi connectivity index (χ0) is 14.0. The molecule has 1 heterocycles. The highest BCUT2D eigenvalue weighted by Crippen LogP contribution is 2.17. The van der Waals surface area contributed by atoms with E-state index in [-0.39, 0.29) is 29.7 Å². The molecule has 7 heteroatoms. The number of benzene rings is 1. The number of hydrogen-bond donors (Lipinski definition) is 2. The maximum atomic E-state index is 13.0. The Morgan fingerprint density at radius 2 is 2.11 bits per heavy atom. The summed E-state index contributed by atoms with van der Waals surface area (Å²) < 4.78 is 48.2. The normalized spacial score (nSPS) is 23.4. The molecule has 0 bridgehead atoms. The van der Waals surface area contributed by atoms with Crippen LogP contribution in [0.4, 0.5) is 8.78 Å². The van der Waals surface area contributed by atoms with Crippen LogP contribution in [-0.4, -0.2) is 37.6 Å². The van der Waals surface area contributed by atoms with Crippen LogP contribution in [0.5, 0.6) is 0 Å². The molecule has 1 fully saturated rings. The first-order valence-electron chi connectivity index (χ1n) is 5.94. The van der Waals surface area contributed by atoms with Crippen molar-refractivity contribution in [1.82, 2.24) is 5.32 Å². The van der Waals surface area contributed by atoms with Crippen LogP contribution in [0.25, 0.3) is 0 Å². The number of aliphatic hydroxyl groups is 1. The summed E-state index contributed by atoms with van der Waals surface area (Å²) in [6, 6.07) is 3.00. The van der Waals surface area contributed by atoms with E-state index in [1.165, 1.54) is 6.07 Å². The van der Waals surface area contributed by atoms with Crippen LogP contribution < -0.4 is 5.32 Å². The highest BCUT2D eigenvalue weighted by Gasteiger charge is 2.27. The maximum absolute atomic E-state index is 13.0. The van der Waals surface area contributed by atoms with Crippen LogP contribution in [0.2, 0.25) is 0 Å². The summed E-state index contributed by atoms with van der Waals surface area (Å²) in [5.41, 5.74) is 0.257. The van der Waals surface area contributed by atoms with Gasteiger partial charge in [0, 0.05) is 12.6 Å². The number of aliphatic hydroxyl groups excluding tert-OH is 1. The number of hydrogen-bond acceptors (Lipinski definition) is 4. The minimum atomic E-state index is -2.97. The minimum Gasteiger partial charge on any atom is -0.387 e. The topological polar surface area (TPSA) is 66.4 Å². The summed E-state index contributed by atoms with van der Waals surface area (Å²) in [5.74, 6) is -1.78. The molecular weight excluding hydrogens is 276 g/mol. The van der Waals surface area contributed by atoms with Crippen LogP contribution in [-0.2, 0) is 9.84 Å². The van der Waals surface area contributed by atoms with Crippen LogP contribution in [0, 0.1) is 11.6 Å². The van der Waals surface area contributed by atoms with Crippen molar-refractivity contribution in [2.45, 2.75) is 18.6 Å². The van der Waals surface area contributed by atoms with Crippen LogP contribution in [0.3, 0.4) is 0 Å². The average molecular weight is 291 g/mol. The Bertz CT molecular complexity index is 562. The molecule has 106 valence electrons. The fourth-order valence-electron chi connectivity index (χ4n) is 2.07. The lowest BCUT2D eigenvalue weighted by atomic mass is 10.1. The van der Waals surface area contributed by atoms with Crippen molar-refractivity contribution >= 4 is 9.84 Å². The Kier molecular flexibility index (Phi) is 4.17. The third-order valence-electron chi connectivity index (χ3n) is 3.16. The highest BCUT2D eigenvalue weighted by molar-refractivity contribution is 7.91. The van der Waals surface area contributed by atoms with Gasteiger partial charge in [-0.1, -0.05) is 6.07 Å². The fourth-order valence-corrected chi connectivity index (χ4v) is 3.78. The molecule has 1 aromatic rings. The SMILES string of the molecule is O=S1(=O)CCC(NCC(O)c2ccc(F)c(F)c2)C1. The Morgan fingerprint density at radius 1 is 1.37 bits per heavy atom. The fraction of sp³-hybridized carbons (Fsp3) is 0.500. The van der Waals surface area contributed by atoms with Gasteiger partial charge in [-0.2, -0.15) is 0 Å². The first-order valence-corrected chi connectivity index (χ1v) is 7.76. The van der Waals surface area contributed by atoms with E-state index in [0.717, 1.165) is 12.1 Å². The van der Waals surface area contributed by atoms with E-state index in [9.17, 15) is 22.3 Å². The van der Waals surface area contributed by atoms with Gasteiger partial charge in [0.15, 0.2) is 21.5 Å². The number of sulfone groups is 1. The highest BCUT2D eigenvalue weighted by atomic mass is 32.2. The van der Waals surface area contributed by atoms with E-state index >= 15 is 0 Å². The van der Waals surface area contributed by atoms with E-state index in [4.69, 9.17) is 0 Å². The van der Waals surface area contributed by atoms with E-state index in [0.29, 0.717) is 6.42 Å². The zero-order valence-corrected chi connectivity index (χ0v) is 11.0. The molecule has 1 aromatic carbocycles. The lowest BCUT2D eigenvalue weighted by Crippen LogP contribution is -2.33. The largest absolute Gasteiger partial charge is 0.387 e. The Labute approximate surface area is 110 Å². The molecule has 0 amide bonds. The van der Waals surface area contributed by atoms with Crippen molar-refractivity contribution in [2.24, 2.45) is 0 Å². The van der Waals surface area contributed by atoms with Gasteiger partial charge in [-0.3, -0.25) is 0 Å². The van der Waals surface area contributed by atoms with Gasteiger partial charge in [-0.25, -0.2) is 17.2 Å². The molecule has 2 rings (SSSR count). The summed E-state index contributed by atoms with van der Waals surface area (Å²) in [4.78, 5) is 0.